The SMILES string of the molecule is Cn1nccc1C=C(CNC(=O)OCc1ccccc1)B1OC(C)(C)C(C)(C)O1. The van der Waals surface area contributed by atoms with E-state index in [0.29, 0.717) is 0 Å². The van der Waals surface area contributed by atoms with Gasteiger partial charge in [0.15, 0.2) is 0 Å². The summed E-state index contributed by atoms with van der Waals surface area (Å²) in [6.07, 6.45) is 3.14. The summed E-state index contributed by atoms with van der Waals surface area (Å²) >= 11 is 0. The molecule has 1 aliphatic heterocycles. The third kappa shape index (κ3) is 5.08. The number of amides is 1. The first-order valence-electron chi connectivity index (χ1n) is 9.66. The van der Waals surface area contributed by atoms with Crippen LogP contribution in [0, 0.1) is 0 Å². The number of hydrogen-bond acceptors (Lipinski definition) is 5. The number of ether oxygens (including phenoxy) is 1. The van der Waals surface area contributed by atoms with E-state index in [2.05, 4.69) is 10.4 Å². The number of nitrogens with zero attached hydrogens (tertiary/aromatic N) is 2. The Hall–Kier alpha value is -2.58. The van der Waals surface area contributed by atoms with Gasteiger partial charge in [0.25, 0.3) is 0 Å². The highest BCUT2D eigenvalue weighted by atomic mass is 16.7. The highest BCUT2D eigenvalue weighted by molar-refractivity contribution is 6.56. The molecule has 2 aromatic rings. The maximum atomic E-state index is 12.2. The van der Waals surface area contributed by atoms with Crippen LogP contribution in [0.1, 0.15) is 39.0 Å². The number of rotatable bonds is 6. The molecule has 29 heavy (non-hydrogen) atoms. The summed E-state index contributed by atoms with van der Waals surface area (Å²) in [5.41, 5.74) is 1.64. The van der Waals surface area contributed by atoms with E-state index in [4.69, 9.17) is 14.0 Å². The highest BCUT2D eigenvalue weighted by Crippen LogP contribution is 2.38. The Kier molecular flexibility index (Phi) is 6.14. The molecule has 2 heterocycles. The number of alkyl carbamates (subject to hydrolysis) is 1. The quantitative estimate of drug-likeness (QED) is 0.757. The molecule has 154 valence electrons. The van der Waals surface area contributed by atoms with Crippen molar-refractivity contribution in [2.75, 3.05) is 6.54 Å². The monoisotopic (exact) mass is 397 g/mol. The topological polar surface area (TPSA) is 74.6 Å². The summed E-state index contributed by atoms with van der Waals surface area (Å²) in [7, 11) is 1.28. The van der Waals surface area contributed by atoms with Crippen LogP contribution in [0.4, 0.5) is 4.79 Å². The standard InChI is InChI=1S/C21H28BN3O4/c1-20(2)21(3,4)29-22(28-20)17(13-18-11-12-24-25(18)5)14-23-19(26)27-15-16-9-7-6-8-10-16/h6-13H,14-15H2,1-5H3,(H,23,26). The lowest BCUT2D eigenvalue weighted by Gasteiger charge is -2.32. The van der Waals surface area contributed by atoms with Gasteiger partial charge in [0.2, 0.25) is 0 Å². The largest absolute Gasteiger partial charge is 0.492 e. The van der Waals surface area contributed by atoms with Crippen LogP contribution in [0.25, 0.3) is 6.08 Å². The maximum absolute atomic E-state index is 12.2. The van der Waals surface area contributed by atoms with E-state index in [1.165, 1.54) is 0 Å². The van der Waals surface area contributed by atoms with E-state index < -0.39 is 24.4 Å². The Morgan fingerprint density at radius 1 is 1.17 bits per heavy atom. The average molecular weight is 397 g/mol. The van der Waals surface area contributed by atoms with Crippen molar-refractivity contribution in [2.24, 2.45) is 7.05 Å². The Balaban J connectivity index is 1.68. The second kappa shape index (κ2) is 8.43. The Bertz CT molecular complexity index is 861. The molecule has 1 aliphatic rings. The van der Waals surface area contributed by atoms with Crippen molar-refractivity contribution in [3.05, 3.63) is 59.3 Å². The molecule has 0 unspecified atom stereocenters. The van der Waals surface area contributed by atoms with Gasteiger partial charge in [0.05, 0.1) is 16.9 Å². The van der Waals surface area contributed by atoms with Crippen molar-refractivity contribution < 1.29 is 18.8 Å². The Labute approximate surface area is 172 Å². The summed E-state index contributed by atoms with van der Waals surface area (Å²) < 4.78 is 19.4. The normalized spacial score (nSPS) is 18.0. The van der Waals surface area contributed by atoms with Gasteiger partial charge >= 0.3 is 13.2 Å². The molecule has 1 aromatic carbocycles. The van der Waals surface area contributed by atoms with Gasteiger partial charge in [0, 0.05) is 19.8 Å². The van der Waals surface area contributed by atoms with Gasteiger partial charge in [-0.05, 0) is 50.9 Å². The lowest BCUT2D eigenvalue weighted by molar-refractivity contribution is 0.00578. The molecular weight excluding hydrogens is 369 g/mol. The number of aromatic nitrogens is 2. The summed E-state index contributed by atoms with van der Waals surface area (Å²) in [5.74, 6) is 0. The molecule has 0 bridgehead atoms. The minimum Gasteiger partial charge on any atom is -0.445 e. The van der Waals surface area contributed by atoms with E-state index in [1.807, 2.05) is 77.2 Å². The van der Waals surface area contributed by atoms with Gasteiger partial charge in [-0.2, -0.15) is 5.10 Å². The van der Waals surface area contributed by atoms with E-state index in [1.54, 1.807) is 10.9 Å². The second-order valence-electron chi connectivity index (χ2n) is 8.10. The van der Waals surface area contributed by atoms with Crippen molar-refractivity contribution in [3.63, 3.8) is 0 Å². The van der Waals surface area contributed by atoms with Gasteiger partial charge in [-0.25, -0.2) is 4.79 Å². The van der Waals surface area contributed by atoms with E-state index >= 15 is 0 Å². The first-order valence-corrected chi connectivity index (χ1v) is 9.66. The zero-order chi connectivity index (χ0) is 21.1. The first-order chi connectivity index (χ1) is 13.7. The third-order valence-electron chi connectivity index (χ3n) is 5.40. The molecule has 0 atom stereocenters. The molecular formula is C21H28BN3O4. The zero-order valence-electron chi connectivity index (χ0n) is 17.6. The molecule has 0 radical (unpaired) electrons. The van der Waals surface area contributed by atoms with Crippen molar-refractivity contribution in [1.29, 1.82) is 0 Å². The molecule has 1 aromatic heterocycles. The fraction of sp³-hybridized carbons (Fsp3) is 0.429. The van der Waals surface area contributed by atoms with Crippen LogP contribution < -0.4 is 5.32 Å². The Morgan fingerprint density at radius 2 is 1.83 bits per heavy atom. The lowest BCUT2D eigenvalue weighted by atomic mass is 9.77. The van der Waals surface area contributed by atoms with Crippen LogP contribution in [0.3, 0.4) is 0 Å². The highest BCUT2D eigenvalue weighted by Gasteiger charge is 2.52. The maximum Gasteiger partial charge on any atom is 0.492 e. The van der Waals surface area contributed by atoms with Gasteiger partial charge < -0.3 is 19.4 Å². The van der Waals surface area contributed by atoms with Crippen molar-refractivity contribution >= 4 is 19.3 Å². The van der Waals surface area contributed by atoms with Gasteiger partial charge in [-0.3, -0.25) is 4.68 Å². The van der Waals surface area contributed by atoms with Gasteiger partial charge in [0.1, 0.15) is 6.61 Å². The summed E-state index contributed by atoms with van der Waals surface area (Å²) in [6.45, 7) is 8.43. The molecule has 1 amide bonds. The van der Waals surface area contributed by atoms with Gasteiger partial charge in [-0.1, -0.05) is 30.3 Å². The van der Waals surface area contributed by atoms with Crippen LogP contribution in [-0.4, -0.2) is 40.7 Å². The summed E-state index contributed by atoms with van der Waals surface area (Å²) in [4.78, 5) is 12.2. The second-order valence-corrected chi connectivity index (χ2v) is 8.10. The third-order valence-corrected chi connectivity index (χ3v) is 5.40. The molecule has 0 saturated carbocycles. The molecule has 8 heteroatoms. The first kappa shape index (κ1) is 21.1. The van der Waals surface area contributed by atoms with Gasteiger partial charge in [-0.15, -0.1) is 0 Å². The van der Waals surface area contributed by atoms with E-state index in [-0.39, 0.29) is 13.2 Å². The number of carbonyl (C=O) groups is 1. The van der Waals surface area contributed by atoms with Crippen LogP contribution in [-0.2, 0) is 27.7 Å². The van der Waals surface area contributed by atoms with Crippen LogP contribution >= 0.6 is 0 Å². The molecule has 1 fully saturated rings. The summed E-state index contributed by atoms with van der Waals surface area (Å²) in [6, 6.07) is 11.4. The molecule has 0 spiro atoms. The summed E-state index contributed by atoms with van der Waals surface area (Å²) in [5, 5.41) is 6.99. The lowest BCUT2D eigenvalue weighted by Crippen LogP contribution is -2.41. The van der Waals surface area contributed by atoms with E-state index in [0.717, 1.165) is 16.7 Å². The molecule has 3 rings (SSSR count). The number of nitrogens with one attached hydrogen (secondary N) is 1. The predicted molar refractivity (Wildman–Crippen MR) is 112 cm³/mol. The van der Waals surface area contributed by atoms with Crippen molar-refractivity contribution in [3.8, 4) is 0 Å². The van der Waals surface area contributed by atoms with Crippen LogP contribution in [0.2, 0.25) is 0 Å². The molecule has 1 N–H and O–H groups in total. The van der Waals surface area contributed by atoms with Crippen LogP contribution in [0.5, 0.6) is 0 Å². The molecule has 0 aliphatic carbocycles. The number of aryl methyl sites for hydroxylation is 1. The van der Waals surface area contributed by atoms with Crippen molar-refractivity contribution in [1.82, 2.24) is 15.1 Å². The molecule has 1 saturated heterocycles. The number of hydrogen-bond donors (Lipinski definition) is 1. The Morgan fingerprint density at radius 3 is 2.41 bits per heavy atom. The predicted octanol–water partition coefficient (Wildman–Crippen LogP) is 3.36. The van der Waals surface area contributed by atoms with E-state index in [9.17, 15) is 4.79 Å². The fourth-order valence-corrected chi connectivity index (χ4v) is 2.86. The zero-order valence-corrected chi connectivity index (χ0v) is 17.6. The average Bonchev–Trinajstić information content (AvgIpc) is 3.16. The smallest absolute Gasteiger partial charge is 0.445 e. The molecule has 7 nitrogen and oxygen atoms in total. The minimum absolute atomic E-state index is 0.212. The van der Waals surface area contributed by atoms with Crippen molar-refractivity contribution in [2.45, 2.75) is 45.5 Å². The van der Waals surface area contributed by atoms with Crippen LogP contribution in [0.15, 0.2) is 48.1 Å². The number of carbonyl (C=O) groups excluding carboxylic acids is 1. The number of benzene rings is 1. The fourth-order valence-electron chi connectivity index (χ4n) is 2.86. The minimum atomic E-state index is -0.579.